The molecule has 0 saturated heterocycles. The van der Waals surface area contributed by atoms with Gasteiger partial charge in [-0.05, 0) is 54.7 Å². The van der Waals surface area contributed by atoms with Gasteiger partial charge in [0, 0.05) is 35.7 Å². The van der Waals surface area contributed by atoms with Gasteiger partial charge in [0.15, 0.2) is 23.0 Å². The van der Waals surface area contributed by atoms with Gasteiger partial charge < -0.3 is 23.8 Å². The number of carbonyl (C=O) groups excluding carboxylic acids is 1. The molecule has 0 amide bonds. The Morgan fingerprint density at radius 2 is 1.88 bits per heavy atom. The molecule has 0 spiro atoms. The van der Waals surface area contributed by atoms with Crippen molar-refractivity contribution in [2.24, 2.45) is 5.92 Å². The summed E-state index contributed by atoms with van der Waals surface area (Å²) in [7, 11) is 3.35. The van der Waals surface area contributed by atoms with Gasteiger partial charge in [-0.15, -0.1) is 0 Å². The van der Waals surface area contributed by atoms with Crippen LogP contribution in [0, 0.1) is 5.92 Å². The minimum Gasteiger partial charge on any atom is -0.493 e. The zero-order valence-electron chi connectivity index (χ0n) is 18.5. The lowest BCUT2D eigenvalue weighted by molar-refractivity contribution is -0.126. The van der Waals surface area contributed by atoms with E-state index >= 15 is 0 Å². The van der Waals surface area contributed by atoms with Crippen molar-refractivity contribution in [1.29, 1.82) is 0 Å². The number of nitrogens with zero attached hydrogens (tertiary/aromatic N) is 1. The van der Waals surface area contributed by atoms with Gasteiger partial charge >= 0.3 is 0 Å². The first kappa shape index (κ1) is 19.5. The van der Waals surface area contributed by atoms with Crippen LogP contribution >= 0.6 is 0 Å². The first-order valence-electron chi connectivity index (χ1n) is 11.4. The van der Waals surface area contributed by atoms with Crippen molar-refractivity contribution in [1.82, 2.24) is 4.90 Å². The molecule has 2 atom stereocenters. The Morgan fingerprint density at radius 1 is 1.03 bits per heavy atom. The highest BCUT2D eigenvalue weighted by Gasteiger charge is 2.43. The minimum absolute atomic E-state index is 0.0530. The van der Waals surface area contributed by atoms with E-state index in [1.54, 1.807) is 14.2 Å². The molecular weight excluding hydrogens is 406 g/mol. The number of Topliss-reactive ketones (excluding diaryl/α,β-unsaturated/α-hetero) is 1. The molecule has 166 valence electrons. The van der Waals surface area contributed by atoms with Gasteiger partial charge in [0.2, 0.25) is 6.79 Å². The topological polar surface area (TPSA) is 57.2 Å². The van der Waals surface area contributed by atoms with Crippen LogP contribution in [-0.2, 0) is 11.2 Å². The van der Waals surface area contributed by atoms with Crippen LogP contribution in [0.3, 0.4) is 0 Å². The largest absolute Gasteiger partial charge is 0.493 e. The lowest BCUT2D eigenvalue weighted by atomic mass is 9.75. The summed E-state index contributed by atoms with van der Waals surface area (Å²) in [6.45, 7) is 1.10. The standard InChI is InChI=1S/C26H27NO5/c1-29-21-8-7-16-11-19-18-13-23-22(31-14-32-23)12-15(18)9-10-27(19)25(24(16)26(21)30-2)17-5-3-4-6-20(17)28/h7-8,11-13,17,25H,3-6,9-10,14H2,1-2H3/t17-,25-/m1/s1. The molecule has 0 unspecified atom stereocenters. The van der Waals surface area contributed by atoms with Crippen LogP contribution in [0.1, 0.15) is 54.0 Å². The summed E-state index contributed by atoms with van der Waals surface area (Å²) in [4.78, 5) is 15.6. The molecule has 6 heteroatoms. The number of rotatable bonds is 3. The van der Waals surface area contributed by atoms with Gasteiger partial charge in [-0.1, -0.05) is 12.5 Å². The van der Waals surface area contributed by atoms with Gasteiger partial charge in [-0.3, -0.25) is 4.79 Å². The molecule has 0 bridgehead atoms. The summed E-state index contributed by atoms with van der Waals surface area (Å²) in [6, 6.07) is 8.18. The van der Waals surface area contributed by atoms with E-state index in [9.17, 15) is 4.79 Å². The molecule has 3 aliphatic heterocycles. The average molecular weight is 434 g/mol. The summed E-state index contributed by atoms with van der Waals surface area (Å²) in [5.41, 5.74) is 5.72. The molecule has 32 heavy (non-hydrogen) atoms. The molecule has 2 aromatic rings. The lowest BCUT2D eigenvalue weighted by Crippen LogP contribution is -2.42. The molecular formula is C26H27NO5. The van der Waals surface area contributed by atoms with E-state index in [4.69, 9.17) is 18.9 Å². The fourth-order valence-corrected chi connectivity index (χ4v) is 5.86. The second kappa shape index (κ2) is 7.47. The Hall–Kier alpha value is -3.15. The smallest absolute Gasteiger partial charge is 0.231 e. The van der Waals surface area contributed by atoms with Crippen LogP contribution in [-0.4, -0.2) is 38.2 Å². The van der Waals surface area contributed by atoms with Crippen molar-refractivity contribution >= 4 is 17.6 Å². The predicted molar refractivity (Wildman–Crippen MR) is 120 cm³/mol. The van der Waals surface area contributed by atoms with Crippen molar-refractivity contribution in [2.75, 3.05) is 27.6 Å². The maximum Gasteiger partial charge on any atom is 0.231 e. The molecule has 6 rings (SSSR count). The quantitative estimate of drug-likeness (QED) is 0.705. The van der Waals surface area contributed by atoms with Crippen LogP contribution in [0.25, 0.3) is 11.8 Å². The molecule has 2 aromatic carbocycles. The fourth-order valence-electron chi connectivity index (χ4n) is 5.86. The van der Waals surface area contributed by atoms with E-state index in [0.29, 0.717) is 18.0 Å². The Bertz CT molecular complexity index is 1140. The van der Waals surface area contributed by atoms with Gasteiger partial charge in [0.05, 0.1) is 20.3 Å². The van der Waals surface area contributed by atoms with Crippen molar-refractivity contribution in [2.45, 2.75) is 38.1 Å². The number of benzene rings is 2. The van der Waals surface area contributed by atoms with Crippen LogP contribution in [0.15, 0.2) is 24.3 Å². The molecule has 4 aliphatic rings. The lowest BCUT2D eigenvalue weighted by Gasteiger charge is -2.46. The van der Waals surface area contributed by atoms with E-state index in [0.717, 1.165) is 71.9 Å². The maximum atomic E-state index is 13.2. The van der Waals surface area contributed by atoms with Crippen molar-refractivity contribution in [3.05, 3.63) is 46.5 Å². The van der Waals surface area contributed by atoms with E-state index in [-0.39, 0.29) is 18.8 Å². The van der Waals surface area contributed by atoms with Gasteiger partial charge in [0.1, 0.15) is 5.78 Å². The number of methoxy groups -OCH3 is 2. The van der Waals surface area contributed by atoms with Crippen molar-refractivity contribution < 1.29 is 23.7 Å². The summed E-state index contributed by atoms with van der Waals surface area (Å²) in [5.74, 6) is 3.35. The number of ketones is 1. The summed E-state index contributed by atoms with van der Waals surface area (Å²) >= 11 is 0. The zero-order chi connectivity index (χ0) is 21.8. The van der Waals surface area contributed by atoms with E-state index in [1.165, 1.54) is 5.56 Å². The maximum absolute atomic E-state index is 13.2. The number of carbonyl (C=O) groups is 1. The van der Waals surface area contributed by atoms with Crippen LogP contribution in [0.5, 0.6) is 23.0 Å². The Labute approximate surface area is 187 Å². The monoisotopic (exact) mass is 433 g/mol. The molecule has 0 aromatic heterocycles. The van der Waals surface area contributed by atoms with Crippen LogP contribution in [0.2, 0.25) is 0 Å². The Kier molecular flexibility index (Phi) is 4.56. The first-order chi connectivity index (χ1) is 15.7. The van der Waals surface area contributed by atoms with Crippen molar-refractivity contribution in [3.8, 4) is 23.0 Å². The van der Waals surface area contributed by atoms with Crippen LogP contribution in [0.4, 0.5) is 0 Å². The van der Waals surface area contributed by atoms with Crippen LogP contribution < -0.4 is 18.9 Å². The summed E-state index contributed by atoms with van der Waals surface area (Å²) < 4.78 is 22.8. The SMILES string of the molecule is COc1ccc2c(c1OC)[C@@H]([C@@H]1CCCCC1=O)N1CCc3cc4c(cc3C1=C2)OCO4. The second-order valence-corrected chi connectivity index (χ2v) is 8.90. The summed E-state index contributed by atoms with van der Waals surface area (Å²) in [6.07, 6.45) is 6.74. The highest BCUT2D eigenvalue weighted by molar-refractivity contribution is 5.90. The molecule has 3 heterocycles. The Morgan fingerprint density at radius 3 is 2.66 bits per heavy atom. The highest BCUT2D eigenvalue weighted by Crippen LogP contribution is 2.53. The van der Waals surface area contributed by atoms with Gasteiger partial charge in [-0.2, -0.15) is 0 Å². The molecule has 0 N–H and O–H groups in total. The molecule has 1 saturated carbocycles. The van der Waals surface area contributed by atoms with E-state index in [1.807, 2.05) is 6.07 Å². The van der Waals surface area contributed by atoms with Crippen molar-refractivity contribution in [3.63, 3.8) is 0 Å². The molecule has 6 nitrogen and oxygen atoms in total. The number of hydrogen-bond donors (Lipinski definition) is 0. The predicted octanol–water partition coefficient (Wildman–Crippen LogP) is 4.60. The third-order valence-corrected chi connectivity index (χ3v) is 7.33. The second-order valence-electron chi connectivity index (χ2n) is 8.90. The number of ether oxygens (including phenoxy) is 4. The molecule has 1 fully saturated rings. The fraction of sp³-hybridized carbons (Fsp3) is 0.423. The third kappa shape index (κ3) is 2.81. The highest BCUT2D eigenvalue weighted by atomic mass is 16.7. The normalized spacial score (nSPS) is 23.1. The number of hydrogen-bond acceptors (Lipinski definition) is 6. The van der Waals surface area contributed by atoms with E-state index in [2.05, 4.69) is 29.2 Å². The Balaban J connectivity index is 1.57. The minimum atomic E-state index is -0.0681. The molecule has 0 radical (unpaired) electrons. The summed E-state index contributed by atoms with van der Waals surface area (Å²) in [5, 5.41) is 0. The average Bonchev–Trinajstić information content (AvgIpc) is 3.28. The third-order valence-electron chi connectivity index (χ3n) is 7.33. The first-order valence-corrected chi connectivity index (χ1v) is 11.4. The van der Waals surface area contributed by atoms with Gasteiger partial charge in [0.25, 0.3) is 0 Å². The zero-order valence-corrected chi connectivity index (χ0v) is 18.5. The molecule has 1 aliphatic carbocycles. The van der Waals surface area contributed by atoms with E-state index < -0.39 is 0 Å². The van der Waals surface area contributed by atoms with Gasteiger partial charge in [-0.25, -0.2) is 0 Å². The number of fused-ring (bicyclic) bond motifs is 5.